The van der Waals surface area contributed by atoms with E-state index in [-0.39, 0.29) is 5.82 Å². The molecule has 106 valence electrons. The van der Waals surface area contributed by atoms with Crippen LogP contribution in [0, 0.1) is 17.7 Å². The van der Waals surface area contributed by atoms with E-state index in [1.165, 1.54) is 18.9 Å². The van der Waals surface area contributed by atoms with Gasteiger partial charge in [0.15, 0.2) is 5.82 Å². The minimum absolute atomic E-state index is 0.298. The summed E-state index contributed by atoms with van der Waals surface area (Å²) in [5, 5.41) is 2.92. The zero-order valence-corrected chi connectivity index (χ0v) is 11.7. The lowest BCUT2D eigenvalue weighted by Gasteiger charge is -2.05. The Morgan fingerprint density at radius 3 is 2.55 bits per heavy atom. The second-order valence-corrected chi connectivity index (χ2v) is 5.65. The Balaban J connectivity index is 1.88. The van der Waals surface area contributed by atoms with Crippen LogP contribution < -0.4 is 11.1 Å². The molecule has 4 heteroatoms. The number of hydrogen-bond acceptors (Lipinski definition) is 3. The van der Waals surface area contributed by atoms with Crippen LogP contribution in [0.15, 0.2) is 35.0 Å². The van der Waals surface area contributed by atoms with Gasteiger partial charge in [0.25, 0.3) is 0 Å². The smallest absolute Gasteiger partial charge is 0.150 e. The number of benzene rings is 1. The standard InChI is InChI=1S/C16H20FN3/c1-19-12-6-7-15(13(17)8-12)20-16(11-4-5-11)9-14(18)10-2-3-10/h6-11,19H,2-5,18H2,1H3. The number of aliphatic imine (C=N–C) groups is 1. The molecular formula is C16H20FN3. The first kappa shape index (κ1) is 13.2. The fraction of sp³-hybridized carbons (Fsp3) is 0.438. The molecule has 0 amide bonds. The first-order valence-electron chi connectivity index (χ1n) is 7.20. The van der Waals surface area contributed by atoms with Gasteiger partial charge in [-0.3, -0.25) is 4.99 Å². The first-order valence-corrected chi connectivity index (χ1v) is 7.20. The molecule has 0 saturated heterocycles. The van der Waals surface area contributed by atoms with Crippen molar-refractivity contribution in [3.05, 3.63) is 35.8 Å². The Labute approximate surface area is 118 Å². The van der Waals surface area contributed by atoms with Crippen LogP contribution >= 0.6 is 0 Å². The predicted octanol–water partition coefficient (Wildman–Crippen LogP) is 3.60. The number of hydrogen-bond donors (Lipinski definition) is 2. The molecule has 2 aliphatic carbocycles. The third kappa shape index (κ3) is 3.00. The van der Waals surface area contributed by atoms with Crippen LogP contribution in [-0.2, 0) is 0 Å². The number of nitrogens with one attached hydrogen (secondary N) is 1. The second-order valence-electron chi connectivity index (χ2n) is 5.65. The highest BCUT2D eigenvalue weighted by molar-refractivity contribution is 6.00. The van der Waals surface area contributed by atoms with E-state index in [0.29, 0.717) is 17.5 Å². The average Bonchev–Trinajstić information content (AvgIpc) is 3.31. The van der Waals surface area contributed by atoms with Crippen molar-refractivity contribution in [2.24, 2.45) is 22.6 Å². The van der Waals surface area contributed by atoms with Crippen molar-refractivity contribution in [2.75, 3.05) is 12.4 Å². The molecule has 2 aliphatic rings. The van der Waals surface area contributed by atoms with Crippen LogP contribution in [0.1, 0.15) is 25.7 Å². The van der Waals surface area contributed by atoms with Gasteiger partial charge < -0.3 is 11.1 Å². The normalized spacial score (nSPS) is 20.1. The molecule has 2 fully saturated rings. The highest BCUT2D eigenvalue weighted by Crippen LogP contribution is 2.37. The molecule has 0 aliphatic heterocycles. The van der Waals surface area contributed by atoms with Gasteiger partial charge in [-0.05, 0) is 55.9 Å². The summed E-state index contributed by atoms with van der Waals surface area (Å²) in [5.74, 6) is 0.680. The molecule has 3 rings (SSSR count). The summed E-state index contributed by atoms with van der Waals surface area (Å²) in [5.41, 5.74) is 9.05. The molecule has 3 nitrogen and oxygen atoms in total. The summed E-state index contributed by atoms with van der Waals surface area (Å²) in [6, 6.07) is 5.02. The quantitative estimate of drug-likeness (QED) is 0.805. The Morgan fingerprint density at radius 2 is 2.00 bits per heavy atom. The molecule has 0 unspecified atom stereocenters. The van der Waals surface area contributed by atoms with Gasteiger partial charge >= 0.3 is 0 Å². The van der Waals surface area contributed by atoms with Crippen molar-refractivity contribution in [3.8, 4) is 0 Å². The van der Waals surface area contributed by atoms with Gasteiger partial charge in [0.05, 0.1) is 5.69 Å². The lowest BCUT2D eigenvalue weighted by atomic mass is 10.1. The van der Waals surface area contributed by atoms with E-state index in [0.717, 1.165) is 29.9 Å². The summed E-state index contributed by atoms with van der Waals surface area (Å²) in [4.78, 5) is 4.50. The van der Waals surface area contributed by atoms with Crippen LogP contribution in [-0.4, -0.2) is 12.8 Å². The maximum atomic E-state index is 14.0. The molecule has 2 saturated carbocycles. The van der Waals surface area contributed by atoms with E-state index < -0.39 is 0 Å². The van der Waals surface area contributed by atoms with Crippen LogP contribution in [0.25, 0.3) is 0 Å². The van der Waals surface area contributed by atoms with Crippen LogP contribution in [0.4, 0.5) is 15.8 Å². The van der Waals surface area contributed by atoms with Gasteiger partial charge in [-0.1, -0.05) is 0 Å². The van der Waals surface area contributed by atoms with E-state index in [2.05, 4.69) is 10.3 Å². The van der Waals surface area contributed by atoms with Gasteiger partial charge in [-0.25, -0.2) is 4.39 Å². The lowest BCUT2D eigenvalue weighted by molar-refractivity contribution is 0.630. The summed E-state index contributed by atoms with van der Waals surface area (Å²) < 4.78 is 14.0. The molecule has 0 spiro atoms. The minimum atomic E-state index is -0.298. The molecule has 0 heterocycles. The number of allylic oxidation sites excluding steroid dienone is 2. The summed E-state index contributed by atoms with van der Waals surface area (Å²) >= 11 is 0. The summed E-state index contributed by atoms with van der Waals surface area (Å²) in [6.07, 6.45) is 6.57. The average molecular weight is 273 g/mol. The van der Waals surface area contributed by atoms with Gasteiger partial charge in [0, 0.05) is 30.1 Å². The Morgan fingerprint density at radius 1 is 1.30 bits per heavy atom. The van der Waals surface area contributed by atoms with Crippen LogP contribution in [0.2, 0.25) is 0 Å². The van der Waals surface area contributed by atoms with E-state index >= 15 is 0 Å². The Hall–Kier alpha value is -1.84. The van der Waals surface area contributed by atoms with Crippen LogP contribution in [0.5, 0.6) is 0 Å². The molecule has 20 heavy (non-hydrogen) atoms. The second kappa shape index (κ2) is 5.27. The lowest BCUT2D eigenvalue weighted by Crippen LogP contribution is -2.06. The number of nitrogens with two attached hydrogens (primary N) is 1. The molecule has 1 aromatic carbocycles. The number of rotatable bonds is 5. The SMILES string of the molecule is CNc1ccc(N=C(C=C(N)C2CC2)C2CC2)c(F)c1. The zero-order chi connectivity index (χ0) is 14.1. The third-order valence-electron chi connectivity index (χ3n) is 3.84. The van der Waals surface area contributed by atoms with E-state index in [4.69, 9.17) is 5.73 Å². The van der Waals surface area contributed by atoms with E-state index in [9.17, 15) is 4.39 Å². The van der Waals surface area contributed by atoms with E-state index in [1.54, 1.807) is 13.1 Å². The Bertz CT molecular complexity index is 569. The monoisotopic (exact) mass is 273 g/mol. The molecule has 0 bridgehead atoms. The molecule has 0 atom stereocenters. The third-order valence-corrected chi connectivity index (χ3v) is 3.84. The van der Waals surface area contributed by atoms with Crippen molar-refractivity contribution >= 4 is 17.1 Å². The van der Waals surface area contributed by atoms with Gasteiger partial charge in [-0.15, -0.1) is 0 Å². The number of anilines is 1. The van der Waals surface area contributed by atoms with Gasteiger partial charge in [-0.2, -0.15) is 0 Å². The highest BCUT2D eigenvalue weighted by atomic mass is 19.1. The minimum Gasteiger partial charge on any atom is -0.402 e. The van der Waals surface area contributed by atoms with Crippen molar-refractivity contribution in [2.45, 2.75) is 25.7 Å². The molecule has 0 radical (unpaired) electrons. The first-order chi connectivity index (χ1) is 9.67. The highest BCUT2D eigenvalue weighted by Gasteiger charge is 2.29. The maximum absolute atomic E-state index is 14.0. The Kier molecular flexibility index (Phi) is 3.47. The maximum Gasteiger partial charge on any atom is 0.150 e. The van der Waals surface area contributed by atoms with E-state index in [1.807, 2.05) is 12.1 Å². The summed E-state index contributed by atoms with van der Waals surface area (Å²) in [7, 11) is 1.77. The van der Waals surface area contributed by atoms with Gasteiger partial charge in [0.1, 0.15) is 0 Å². The molecule has 1 aromatic rings. The zero-order valence-electron chi connectivity index (χ0n) is 11.7. The van der Waals surface area contributed by atoms with Crippen molar-refractivity contribution < 1.29 is 4.39 Å². The predicted molar refractivity (Wildman–Crippen MR) is 80.8 cm³/mol. The van der Waals surface area contributed by atoms with Crippen LogP contribution in [0.3, 0.4) is 0 Å². The fourth-order valence-corrected chi connectivity index (χ4v) is 2.22. The van der Waals surface area contributed by atoms with Crippen molar-refractivity contribution in [1.29, 1.82) is 0 Å². The van der Waals surface area contributed by atoms with Crippen molar-refractivity contribution in [3.63, 3.8) is 0 Å². The number of halogens is 1. The fourth-order valence-electron chi connectivity index (χ4n) is 2.22. The topological polar surface area (TPSA) is 50.4 Å². The molecular weight excluding hydrogens is 253 g/mol. The molecule has 3 N–H and O–H groups in total. The van der Waals surface area contributed by atoms with Crippen molar-refractivity contribution in [1.82, 2.24) is 0 Å². The largest absolute Gasteiger partial charge is 0.402 e. The molecule has 0 aromatic heterocycles. The number of nitrogens with zero attached hydrogens (tertiary/aromatic N) is 1. The summed E-state index contributed by atoms with van der Waals surface area (Å²) in [6.45, 7) is 0. The van der Waals surface area contributed by atoms with Gasteiger partial charge in [0.2, 0.25) is 0 Å².